The average Bonchev–Trinajstić information content (AvgIpc) is 2.62. The van der Waals surface area contributed by atoms with Crippen molar-refractivity contribution < 1.29 is 0 Å². The smallest absolute Gasteiger partial charge is 0.0828 e. The number of nitrogens with two attached hydrogens (primary N) is 1. The summed E-state index contributed by atoms with van der Waals surface area (Å²) in [4.78, 5) is 1.17. The van der Waals surface area contributed by atoms with Gasteiger partial charge in [0.25, 0.3) is 0 Å². The first kappa shape index (κ1) is 13.0. The van der Waals surface area contributed by atoms with E-state index in [1.54, 1.807) is 0 Å². The van der Waals surface area contributed by atoms with Crippen LogP contribution < -0.4 is 5.73 Å². The molecular formula is C14H19N3S. The van der Waals surface area contributed by atoms with Crippen LogP contribution >= 0.6 is 11.5 Å². The number of rotatable bonds is 2. The van der Waals surface area contributed by atoms with Crippen LogP contribution in [0.3, 0.4) is 0 Å². The first-order valence-corrected chi connectivity index (χ1v) is 7.15. The van der Waals surface area contributed by atoms with E-state index < -0.39 is 0 Å². The summed E-state index contributed by atoms with van der Waals surface area (Å²) < 4.78 is 3.90. The maximum atomic E-state index is 5.69. The Kier molecular flexibility index (Phi) is 4.70. The summed E-state index contributed by atoms with van der Waals surface area (Å²) in [6.45, 7) is 2.03. The highest BCUT2D eigenvalue weighted by molar-refractivity contribution is 7.05. The van der Waals surface area contributed by atoms with Crippen LogP contribution in [0.25, 0.3) is 0 Å². The molecule has 1 saturated carbocycles. The van der Waals surface area contributed by atoms with Crippen molar-refractivity contribution in [3.05, 3.63) is 40.4 Å². The Morgan fingerprint density at radius 3 is 2.44 bits per heavy atom. The molecular weight excluding hydrogens is 242 g/mol. The third-order valence-electron chi connectivity index (χ3n) is 3.07. The van der Waals surface area contributed by atoms with Crippen LogP contribution in [0.2, 0.25) is 0 Å². The van der Waals surface area contributed by atoms with Crippen LogP contribution in [0.4, 0.5) is 5.69 Å². The molecule has 0 radical (unpaired) electrons. The van der Waals surface area contributed by atoms with Gasteiger partial charge in [0.2, 0.25) is 0 Å². The van der Waals surface area contributed by atoms with Gasteiger partial charge in [-0.2, -0.15) is 0 Å². The fraction of sp³-hybridized carbons (Fsp3) is 0.429. The average molecular weight is 261 g/mol. The topological polar surface area (TPSA) is 51.8 Å². The lowest BCUT2D eigenvalue weighted by atomic mass is 10.0. The molecule has 3 rings (SSSR count). The Bertz CT molecular complexity index is 485. The highest BCUT2D eigenvalue weighted by atomic mass is 32.1. The van der Waals surface area contributed by atoms with Crippen molar-refractivity contribution in [2.75, 3.05) is 5.73 Å². The molecule has 0 saturated heterocycles. The molecule has 0 spiro atoms. The third-order valence-corrected chi connectivity index (χ3v) is 3.74. The second kappa shape index (κ2) is 6.50. The Balaban J connectivity index is 0.000000256. The summed E-state index contributed by atoms with van der Waals surface area (Å²) in [5.41, 5.74) is 8.71. The van der Waals surface area contributed by atoms with Gasteiger partial charge in [-0.1, -0.05) is 42.3 Å². The van der Waals surface area contributed by atoms with Gasteiger partial charge in [-0.3, -0.25) is 0 Å². The summed E-state index contributed by atoms with van der Waals surface area (Å²) in [7, 11) is 0. The lowest BCUT2D eigenvalue weighted by Crippen LogP contribution is -1.92. The van der Waals surface area contributed by atoms with Gasteiger partial charge in [0, 0.05) is 17.0 Å². The van der Waals surface area contributed by atoms with Crippen molar-refractivity contribution in [3.63, 3.8) is 0 Å². The number of aromatic nitrogens is 2. The number of nitrogen functional groups attached to an aromatic ring is 1. The maximum Gasteiger partial charge on any atom is 0.0828 e. The Labute approximate surface area is 112 Å². The van der Waals surface area contributed by atoms with E-state index in [1.165, 1.54) is 47.7 Å². The minimum Gasteiger partial charge on any atom is -0.399 e. The van der Waals surface area contributed by atoms with Crippen LogP contribution in [-0.2, 0) is 6.42 Å². The minimum atomic E-state index is 0.795. The number of benzene rings is 1. The zero-order valence-corrected chi connectivity index (χ0v) is 11.5. The molecule has 3 nitrogen and oxygen atoms in total. The lowest BCUT2D eigenvalue weighted by molar-refractivity contribution is 0.504. The molecule has 1 fully saturated rings. The van der Waals surface area contributed by atoms with Gasteiger partial charge in [0.15, 0.2) is 0 Å². The fourth-order valence-corrected chi connectivity index (χ4v) is 2.04. The van der Waals surface area contributed by atoms with Crippen LogP contribution in [0.15, 0.2) is 24.3 Å². The number of hydrogen-bond donors (Lipinski definition) is 1. The first-order valence-electron chi connectivity index (χ1n) is 6.38. The molecule has 96 valence electrons. The van der Waals surface area contributed by atoms with E-state index in [0.717, 1.165) is 17.8 Å². The third kappa shape index (κ3) is 3.81. The van der Waals surface area contributed by atoms with Gasteiger partial charge in [0.1, 0.15) is 0 Å². The molecule has 1 aliphatic rings. The molecule has 0 atom stereocenters. The zero-order valence-electron chi connectivity index (χ0n) is 10.7. The van der Waals surface area contributed by atoms with Gasteiger partial charge in [-0.25, -0.2) is 0 Å². The summed E-state index contributed by atoms with van der Waals surface area (Å²) in [5, 5.41) is 4.07. The highest BCUT2D eigenvalue weighted by Crippen LogP contribution is 2.15. The van der Waals surface area contributed by atoms with Gasteiger partial charge in [-0.05, 0) is 36.2 Å². The van der Waals surface area contributed by atoms with Crippen molar-refractivity contribution in [3.8, 4) is 0 Å². The second-order valence-corrected chi connectivity index (χ2v) is 5.57. The van der Waals surface area contributed by atoms with Crippen molar-refractivity contribution in [2.45, 2.75) is 39.0 Å². The second-order valence-electron chi connectivity index (χ2n) is 4.61. The highest BCUT2D eigenvalue weighted by Gasteiger charge is 2.04. The zero-order chi connectivity index (χ0) is 12.8. The lowest BCUT2D eigenvalue weighted by Gasteiger charge is -2.05. The summed E-state index contributed by atoms with van der Waals surface area (Å²) in [6.07, 6.45) is 6.81. The largest absolute Gasteiger partial charge is 0.399 e. The molecule has 2 N–H and O–H groups in total. The van der Waals surface area contributed by atoms with Gasteiger partial charge in [-0.15, -0.1) is 5.10 Å². The monoisotopic (exact) mass is 261 g/mol. The van der Waals surface area contributed by atoms with E-state index in [2.05, 4.69) is 15.7 Å². The van der Waals surface area contributed by atoms with Gasteiger partial charge >= 0.3 is 0 Å². The number of nitrogens with zero attached hydrogens (tertiary/aromatic N) is 2. The van der Waals surface area contributed by atoms with E-state index in [0.29, 0.717) is 0 Å². The Morgan fingerprint density at radius 1 is 1.22 bits per heavy atom. The summed E-state index contributed by atoms with van der Waals surface area (Å²) >= 11 is 1.44. The van der Waals surface area contributed by atoms with Crippen molar-refractivity contribution in [1.29, 1.82) is 0 Å². The molecule has 4 heteroatoms. The van der Waals surface area contributed by atoms with Crippen molar-refractivity contribution in [2.24, 2.45) is 0 Å². The Hall–Kier alpha value is -1.42. The molecule has 0 aliphatic heterocycles. The van der Waals surface area contributed by atoms with Crippen LogP contribution in [0.5, 0.6) is 0 Å². The van der Waals surface area contributed by atoms with E-state index >= 15 is 0 Å². The maximum absolute atomic E-state index is 5.69. The molecule has 1 aromatic carbocycles. The molecule has 2 aromatic rings. The number of aryl methyl sites for hydroxylation is 1. The molecule has 1 heterocycles. The van der Waals surface area contributed by atoms with Crippen molar-refractivity contribution in [1.82, 2.24) is 9.59 Å². The van der Waals surface area contributed by atoms with Gasteiger partial charge in [0.05, 0.1) is 5.69 Å². The van der Waals surface area contributed by atoms with E-state index in [1.807, 2.05) is 25.1 Å². The standard InChI is InChI=1S/C10H11N3S.C4H8/c1-7-10(12-13-14-7)6-8-3-2-4-9(11)5-8;1-2-4-3-1/h2-5H,6,11H2,1H3;1-4H2. The first-order chi connectivity index (χ1) is 8.75. The minimum absolute atomic E-state index is 0.795. The van der Waals surface area contributed by atoms with Crippen molar-refractivity contribution >= 4 is 17.2 Å². The number of hydrogen-bond acceptors (Lipinski definition) is 4. The SMILES string of the molecule is C1CCC1.Cc1snnc1Cc1cccc(N)c1. The van der Waals surface area contributed by atoms with Crippen LogP contribution in [0.1, 0.15) is 41.8 Å². The number of anilines is 1. The predicted molar refractivity (Wildman–Crippen MR) is 76.8 cm³/mol. The van der Waals surface area contributed by atoms with Gasteiger partial charge < -0.3 is 5.73 Å². The quantitative estimate of drug-likeness (QED) is 0.841. The molecule has 0 amide bonds. The summed E-state index contributed by atoms with van der Waals surface area (Å²) in [6, 6.07) is 7.86. The van der Waals surface area contributed by atoms with E-state index in [9.17, 15) is 0 Å². The van der Waals surface area contributed by atoms with E-state index in [-0.39, 0.29) is 0 Å². The molecule has 18 heavy (non-hydrogen) atoms. The predicted octanol–water partition coefficient (Wildman–Crippen LogP) is 3.58. The van der Waals surface area contributed by atoms with Crippen LogP contribution in [0, 0.1) is 6.92 Å². The molecule has 1 aromatic heterocycles. The van der Waals surface area contributed by atoms with Crippen LogP contribution in [-0.4, -0.2) is 9.59 Å². The normalized spacial score (nSPS) is 13.4. The van der Waals surface area contributed by atoms with E-state index in [4.69, 9.17) is 5.73 Å². The molecule has 0 bridgehead atoms. The molecule has 0 unspecified atom stereocenters. The molecule has 1 aliphatic carbocycles. The summed E-state index contributed by atoms with van der Waals surface area (Å²) in [5.74, 6) is 0. The Morgan fingerprint density at radius 2 is 1.94 bits per heavy atom. The fourth-order valence-electron chi connectivity index (χ4n) is 1.56.